The monoisotopic (exact) mass is 446 g/mol. The van der Waals surface area contributed by atoms with Crippen molar-refractivity contribution in [3.05, 3.63) is 65.2 Å². The number of methoxy groups -OCH3 is 1. The molecule has 1 heterocycles. The van der Waals surface area contributed by atoms with E-state index in [1.165, 1.54) is 19.2 Å². The van der Waals surface area contributed by atoms with Crippen LogP contribution < -0.4 is 10.2 Å². The molecule has 170 valence electrons. The third-order valence-electron chi connectivity index (χ3n) is 5.43. The number of nitriles is 1. The molecule has 1 aliphatic heterocycles. The number of carbonyl (C=O) groups is 1. The molecule has 1 N–H and O–H groups in total. The van der Waals surface area contributed by atoms with E-state index in [4.69, 9.17) is 10.00 Å². The lowest BCUT2D eigenvalue weighted by molar-refractivity contribution is -0.137. The Morgan fingerprint density at radius 2 is 1.97 bits per heavy atom. The van der Waals surface area contributed by atoms with Crippen LogP contribution in [0.5, 0.6) is 0 Å². The first-order valence-electron chi connectivity index (χ1n) is 10.3. The lowest BCUT2D eigenvalue weighted by Gasteiger charge is -2.42. The molecule has 2 aromatic carbocycles. The number of piperazine rings is 1. The number of ether oxygens (including phenoxy) is 1. The molecular formula is C23H25F3N4O2. The summed E-state index contributed by atoms with van der Waals surface area (Å²) >= 11 is 0. The quantitative estimate of drug-likeness (QED) is 0.735. The van der Waals surface area contributed by atoms with E-state index in [2.05, 4.69) is 5.32 Å². The smallest absolute Gasteiger partial charge is 0.382 e. The normalized spacial score (nSPS) is 16.5. The Morgan fingerprint density at radius 1 is 1.22 bits per heavy atom. The minimum Gasteiger partial charge on any atom is -0.382 e. The molecule has 0 bridgehead atoms. The first-order valence-corrected chi connectivity index (χ1v) is 10.3. The van der Waals surface area contributed by atoms with Crippen molar-refractivity contribution in [3.8, 4) is 6.07 Å². The Bertz CT molecular complexity index is 960. The van der Waals surface area contributed by atoms with E-state index in [-0.39, 0.29) is 18.7 Å². The minimum absolute atomic E-state index is 0.224. The Morgan fingerprint density at radius 3 is 2.62 bits per heavy atom. The predicted molar refractivity (Wildman–Crippen MR) is 114 cm³/mol. The van der Waals surface area contributed by atoms with Gasteiger partial charge in [0.15, 0.2) is 0 Å². The number of alkyl halides is 3. The van der Waals surface area contributed by atoms with Gasteiger partial charge in [0.25, 0.3) is 0 Å². The van der Waals surface area contributed by atoms with Crippen molar-refractivity contribution in [1.29, 1.82) is 5.26 Å². The molecule has 2 aromatic rings. The number of amides is 2. The van der Waals surface area contributed by atoms with Gasteiger partial charge in [0.1, 0.15) is 0 Å². The van der Waals surface area contributed by atoms with Crippen molar-refractivity contribution < 1.29 is 22.7 Å². The number of anilines is 1. The maximum Gasteiger partial charge on any atom is 0.417 e. The Kier molecular flexibility index (Phi) is 7.59. The second kappa shape index (κ2) is 10.4. The molecule has 0 spiro atoms. The molecule has 9 heteroatoms. The molecule has 1 atom stereocenters. The van der Waals surface area contributed by atoms with E-state index in [1.54, 1.807) is 15.9 Å². The molecule has 1 unspecified atom stereocenters. The molecule has 6 nitrogen and oxygen atoms in total. The maximum atomic E-state index is 13.3. The van der Waals surface area contributed by atoms with Gasteiger partial charge >= 0.3 is 12.2 Å². The predicted octanol–water partition coefficient (Wildman–Crippen LogP) is 3.67. The van der Waals surface area contributed by atoms with Crippen LogP contribution in [0.4, 0.5) is 23.7 Å². The highest BCUT2D eigenvalue weighted by Crippen LogP contribution is 2.35. The Labute approximate surface area is 185 Å². The van der Waals surface area contributed by atoms with Gasteiger partial charge in [0.05, 0.1) is 29.8 Å². The summed E-state index contributed by atoms with van der Waals surface area (Å²) in [7, 11) is 1.52. The first-order chi connectivity index (χ1) is 15.3. The topological polar surface area (TPSA) is 68.6 Å². The van der Waals surface area contributed by atoms with Gasteiger partial charge in [-0.25, -0.2) is 4.79 Å². The van der Waals surface area contributed by atoms with Crippen molar-refractivity contribution in [2.75, 3.05) is 44.8 Å². The summed E-state index contributed by atoms with van der Waals surface area (Å²) in [5, 5.41) is 11.9. The summed E-state index contributed by atoms with van der Waals surface area (Å²) in [6.07, 6.45) is -3.92. The molecule has 1 fully saturated rings. The van der Waals surface area contributed by atoms with E-state index in [0.29, 0.717) is 38.3 Å². The maximum absolute atomic E-state index is 13.3. The zero-order valence-corrected chi connectivity index (χ0v) is 17.7. The van der Waals surface area contributed by atoms with E-state index in [0.717, 1.165) is 11.6 Å². The second-order valence-corrected chi connectivity index (χ2v) is 7.56. The average molecular weight is 446 g/mol. The van der Waals surface area contributed by atoms with Gasteiger partial charge in [0.2, 0.25) is 0 Å². The minimum atomic E-state index is -4.62. The number of nitrogens with one attached hydrogen (secondary N) is 1. The van der Waals surface area contributed by atoms with Gasteiger partial charge in [-0.1, -0.05) is 30.3 Å². The summed E-state index contributed by atoms with van der Waals surface area (Å²) in [6, 6.07) is 14.5. The highest BCUT2D eigenvalue weighted by molar-refractivity contribution is 5.75. The lowest BCUT2D eigenvalue weighted by atomic mass is 10.1. The van der Waals surface area contributed by atoms with Gasteiger partial charge in [-0.15, -0.1) is 0 Å². The van der Waals surface area contributed by atoms with Crippen LogP contribution in [0.15, 0.2) is 48.5 Å². The fraction of sp³-hybridized carbons (Fsp3) is 0.391. The molecule has 0 aromatic heterocycles. The van der Waals surface area contributed by atoms with E-state index in [9.17, 15) is 18.0 Å². The van der Waals surface area contributed by atoms with Crippen LogP contribution in [0.3, 0.4) is 0 Å². The van der Waals surface area contributed by atoms with E-state index >= 15 is 0 Å². The van der Waals surface area contributed by atoms with Crippen LogP contribution >= 0.6 is 0 Å². The molecular weight excluding hydrogens is 421 g/mol. The molecule has 0 aliphatic carbocycles. The van der Waals surface area contributed by atoms with Gasteiger partial charge in [-0.3, -0.25) is 0 Å². The SMILES string of the molecule is COCC1CN(c2ccc(C#N)c(C(F)(F)F)c2)CCN1C(=O)NCCc1ccccc1. The second-order valence-electron chi connectivity index (χ2n) is 7.56. The number of carbonyl (C=O) groups excluding carboxylic acids is 1. The molecule has 3 rings (SSSR count). The standard InChI is InChI=1S/C23H25F3N4O2/c1-32-16-20-15-29(19-8-7-18(14-27)21(13-19)23(24,25)26)11-12-30(20)22(31)28-10-9-17-5-3-2-4-6-17/h2-8,13,20H,9-12,15-16H2,1H3,(H,28,31). The zero-order chi connectivity index (χ0) is 23.1. The first kappa shape index (κ1) is 23.4. The van der Waals surface area contributed by atoms with Gasteiger partial charge in [-0.2, -0.15) is 18.4 Å². The molecule has 1 aliphatic rings. The van der Waals surface area contributed by atoms with Gasteiger partial charge in [-0.05, 0) is 30.2 Å². The highest BCUT2D eigenvalue weighted by Gasteiger charge is 2.35. The van der Waals surface area contributed by atoms with Crippen molar-refractivity contribution in [3.63, 3.8) is 0 Å². The van der Waals surface area contributed by atoms with Crippen molar-refractivity contribution >= 4 is 11.7 Å². The number of halogens is 3. The van der Waals surface area contributed by atoms with E-state index in [1.807, 2.05) is 30.3 Å². The third kappa shape index (κ3) is 5.71. The van der Waals surface area contributed by atoms with Crippen LogP contribution in [0.1, 0.15) is 16.7 Å². The number of benzene rings is 2. The summed E-state index contributed by atoms with van der Waals surface area (Å²) in [6.45, 7) is 1.77. The fourth-order valence-corrected chi connectivity index (χ4v) is 3.81. The highest BCUT2D eigenvalue weighted by atomic mass is 19.4. The number of nitrogens with zero attached hydrogens (tertiary/aromatic N) is 3. The summed E-state index contributed by atoms with van der Waals surface area (Å²) in [5.41, 5.74) is 0.113. The van der Waals surface area contributed by atoms with Crippen LogP contribution in [-0.2, 0) is 17.3 Å². The summed E-state index contributed by atoms with van der Waals surface area (Å²) in [5.74, 6) is 0. The van der Waals surface area contributed by atoms with Crippen LogP contribution in [0.25, 0.3) is 0 Å². The number of hydrogen-bond donors (Lipinski definition) is 1. The zero-order valence-electron chi connectivity index (χ0n) is 17.7. The number of hydrogen-bond acceptors (Lipinski definition) is 4. The summed E-state index contributed by atoms with van der Waals surface area (Å²) < 4.78 is 45.3. The van der Waals surface area contributed by atoms with Crippen LogP contribution in [0.2, 0.25) is 0 Å². The number of urea groups is 1. The molecule has 0 saturated carbocycles. The lowest BCUT2D eigenvalue weighted by Crippen LogP contribution is -2.59. The molecule has 32 heavy (non-hydrogen) atoms. The average Bonchev–Trinajstić information content (AvgIpc) is 2.79. The fourth-order valence-electron chi connectivity index (χ4n) is 3.81. The van der Waals surface area contributed by atoms with Crippen LogP contribution in [-0.4, -0.2) is 56.9 Å². The molecule has 1 saturated heterocycles. The van der Waals surface area contributed by atoms with Gasteiger partial charge < -0.3 is 19.9 Å². The summed E-state index contributed by atoms with van der Waals surface area (Å²) in [4.78, 5) is 16.2. The van der Waals surface area contributed by atoms with E-state index < -0.39 is 17.3 Å². The van der Waals surface area contributed by atoms with Gasteiger partial charge in [0, 0.05) is 39.0 Å². The van der Waals surface area contributed by atoms with Crippen molar-refractivity contribution in [2.45, 2.75) is 18.6 Å². The van der Waals surface area contributed by atoms with Crippen LogP contribution in [0, 0.1) is 11.3 Å². The Balaban J connectivity index is 1.67. The largest absolute Gasteiger partial charge is 0.417 e. The third-order valence-corrected chi connectivity index (χ3v) is 5.43. The van der Waals surface area contributed by atoms with Crippen molar-refractivity contribution in [1.82, 2.24) is 10.2 Å². The molecule has 2 amide bonds. The number of rotatable bonds is 6. The Hall–Kier alpha value is -3.25. The van der Waals surface area contributed by atoms with Crippen molar-refractivity contribution in [2.24, 2.45) is 0 Å². The molecule has 0 radical (unpaired) electrons.